The van der Waals surface area contributed by atoms with Crippen LogP contribution in [-0.4, -0.2) is 104 Å². The predicted molar refractivity (Wildman–Crippen MR) is 177 cm³/mol. The van der Waals surface area contributed by atoms with Crippen molar-refractivity contribution in [3.63, 3.8) is 0 Å². The Morgan fingerprint density at radius 3 is 2.17 bits per heavy atom. The molecule has 266 valence electrons. The molecule has 4 aliphatic rings. The molecule has 2 saturated heterocycles. The van der Waals surface area contributed by atoms with Crippen LogP contribution in [0.2, 0.25) is 0 Å². The lowest BCUT2D eigenvalue weighted by molar-refractivity contribution is -0.144. The summed E-state index contributed by atoms with van der Waals surface area (Å²) in [5.74, 6) is -2.34. The van der Waals surface area contributed by atoms with Gasteiger partial charge in [0.05, 0.1) is 11.8 Å². The monoisotopic (exact) mass is 680 g/mol. The van der Waals surface area contributed by atoms with Gasteiger partial charge >= 0.3 is 6.03 Å². The number of carbonyl (C=O) groups is 5. The van der Waals surface area contributed by atoms with Gasteiger partial charge in [0.25, 0.3) is 5.91 Å². The molecule has 14 heteroatoms. The van der Waals surface area contributed by atoms with E-state index in [9.17, 15) is 32.4 Å². The van der Waals surface area contributed by atoms with Crippen molar-refractivity contribution in [1.29, 1.82) is 0 Å². The molecule has 4 fully saturated rings. The Hall–Kier alpha value is -2.74. The average Bonchev–Trinajstić information content (AvgIpc) is 3.30. The first-order valence-corrected chi connectivity index (χ1v) is 19.0. The number of likely N-dealkylation sites (N-methyl/N-ethyl adjacent to an activating group) is 1. The van der Waals surface area contributed by atoms with Crippen LogP contribution < -0.4 is 21.3 Å². The number of rotatable bonds is 12. The van der Waals surface area contributed by atoms with Gasteiger partial charge in [0.15, 0.2) is 0 Å². The highest BCUT2D eigenvalue weighted by Crippen LogP contribution is 2.65. The predicted octanol–water partition coefficient (Wildman–Crippen LogP) is 1.77. The molecule has 0 radical (unpaired) electrons. The van der Waals surface area contributed by atoms with Crippen molar-refractivity contribution in [1.82, 2.24) is 30.5 Å². The Labute approximate surface area is 280 Å². The second-order valence-corrected chi connectivity index (χ2v) is 17.7. The summed E-state index contributed by atoms with van der Waals surface area (Å²) in [5, 5.41) is 11.1. The topological polar surface area (TPSA) is 174 Å². The molecule has 0 aromatic rings. The Bertz CT molecular complexity index is 1320. The van der Waals surface area contributed by atoms with Crippen molar-refractivity contribution in [2.24, 2.45) is 28.6 Å². The molecule has 4 N–H and O–H groups in total. The van der Waals surface area contributed by atoms with Gasteiger partial charge in [0.2, 0.25) is 27.6 Å². The van der Waals surface area contributed by atoms with Crippen LogP contribution in [0.15, 0.2) is 0 Å². The van der Waals surface area contributed by atoms with Crippen molar-refractivity contribution >= 4 is 39.6 Å². The molecule has 2 aliphatic carbocycles. The molecular formula is C33H56N6O7S. The number of hydrogen-bond acceptors (Lipinski definition) is 7. The average molecular weight is 681 g/mol. The van der Waals surface area contributed by atoms with E-state index >= 15 is 0 Å². The van der Waals surface area contributed by atoms with Gasteiger partial charge in [-0.05, 0) is 54.3 Å². The van der Waals surface area contributed by atoms with Crippen molar-refractivity contribution in [2.45, 2.75) is 117 Å². The molecule has 0 aromatic carbocycles. The number of fused-ring (bicyclic) bond motifs is 1. The summed E-state index contributed by atoms with van der Waals surface area (Å²) in [6.07, 6.45) is 5.82. The first-order chi connectivity index (χ1) is 21.9. The van der Waals surface area contributed by atoms with Crippen LogP contribution in [0.5, 0.6) is 0 Å². The second-order valence-electron chi connectivity index (χ2n) is 15.6. The van der Waals surface area contributed by atoms with E-state index in [-0.39, 0.29) is 47.8 Å². The van der Waals surface area contributed by atoms with Gasteiger partial charge < -0.3 is 26.2 Å². The highest BCUT2D eigenvalue weighted by atomic mass is 32.2. The SMILES string of the molecule is CCCC(NC(=O)[C@@H]1[C@@H]2[C@H](CN1C(=O)[C@@H](NC(=O)N[C@H](CN1CCCS1(=O)=O)C(C)(C)C)C1CCCCC1)C2(C)C)C(=O)C(=O)NC. The van der Waals surface area contributed by atoms with Gasteiger partial charge in [-0.15, -0.1) is 0 Å². The highest BCUT2D eigenvalue weighted by Gasteiger charge is 2.69. The van der Waals surface area contributed by atoms with Crippen LogP contribution in [0, 0.1) is 28.6 Å². The number of nitrogens with zero attached hydrogens (tertiary/aromatic N) is 2. The Morgan fingerprint density at radius 2 is 1.62 bits per heavy atom. The molecule has 0 spiro atoms. The lowest BCUT2D eigenvalue weighted by Crippen LogP contribution is -2.61. The van der Waals surface area contributed by atoms with E-state index in [1.54, 1.807) is 4.90 Å². The zero-order valence-electron chi connectivity index (χ0n) is 29.2. The third-order valence-corrected chi connectivity index (χ3v) is 13.0. The summed E-state index contributed by atoms with van der Waals surface area (Å²) >= 11 is 0. The van der Waals surface area contributed by atoms with E-state index in [4.69, 9.17) is 0 Å². The fourth-order valence-corrected chi connectivity index (χ4v) is 9.45. The van der Waals surface area contributed by atoms with E-state index in [1.165, 1.54) is 11.4 Å². The van der Waals surface area contributed by atoms with Gasteiger partial charge in [-0.2, -0.15) is 4.31 Å². The molecule has 0 bridgehead atoms. The molecule has 1 unspecified atom stereocenters. The molecule has 47 heavy (non-hydrogen) atoms. The van der Waals surface area contributed by atoms with Crippen LogP contribution >= 0.6 is 0 Å². The Morgan fingerprint density at radius 1 is 0.957 bits per heavy atom. The van der Waals surface area contributed by atoms with Gasteiger partial charge in [-0.3, -0.25) is 19.2 Å². The van der Waals surface area contributed by atoms with E-state index in [0.29, 0.717) is 25.9 Å². The molecule has 2 saturated carbocycles. The quantitative estimate of drug-likeness (QED) is 0.227. The first kappa shape index (κ1) is 37.1. The van der Waals surface area contributed by atoms with Crippen LogP contribution in [0.3, 0.4) is 0 Å². The summed E-state index contributed by atoms with van der Waals surface area (Å²) in [6.45, 7) is 12.7. The smallest absolute Gasteiger partial charge is 0.315 e. The third kappa shape index (κ3) is 8.12. The van der Waals surface area contributed by atoms with Crippen molar-refractivity contribution < 1.29 is 32.4 Å². The van der Waals surface area contributed by atoms with Crippen molar-refractivity contribution in [3.05, 3.63) is 0 Å². The molecule has 6 atom stereocenters. The van der Waals surface area contributed by atoms with E-state index in [1.807, 2.05) is 27.7 Å². The van der Waals surface area contributed by atoms with Crippen molar-refractivity contribution in [2.75, 3.05) is 32.4 Å². The number of Topliss-reactive ketones (excluding diaryl/α,β-unsaturated/α-hetero) is 1. The van der Waals surface area contributed by atoms with Gasteiger partial charge in [0, 0.05) is 32.7 Å². The normalized spacial score (nSPS) is 27.2. The number of ketones is 1. The molecule has 0 aromatic heterocycles. The first-order valence-electron chi connectivity index (χ1n) is 17.4. The number of amides is 5. The maximum absolute atomic E-state index is 14.5. The molecule has 2 aliphatic heterocycles. The number of hydrogen-bond donors (Lipinski definition) is 4. The van der Waals surface area contributed by atoms with Crippen LogP contribution in [0.4, 0.5) is 4.79 Å². The van der Waals surface area contributed by atoms with Gasteiger partial charge in [-0.25, -0.2) is 13.2 Å². The fourth-order valence-electron chi connectivity index (χ4n) is 7.91. The fraction of sp³-hybridized carbons (Fsp3) is 0.848. The lowest BCUT2D eigenvalue weighted by Gasteiger charge is -2.38. The third-order valence-electron chi connectivity index (χ3n) is 11.0. The largest absolute Gasteiger partial charge is 0.353 e. The zero-order valence-corrected chi connectivity index (χ0v) is 30.0. The standard InChI is InChI=1S/C33H56N6O7S/c1-8-13-22(27(40)29(42)34-7)35-28(41)26-24-21(33(24,5)6)18-39(26)30(43)25(20-14-10-9-11-15-20)37-31(44)36-23(32(2,3)4)19-38-16-12-17-47(38,45)46/h20-26H,8-19H2,1-7H3,(H,34,42)(H,35,41)(H2,36,37,44)/t21-,22?,23+,24-,25-,26-/m0/s1. The number of piperidine rings is 1. The van der Waals surface area contributed by atoms with Gasteiger partial charge in [-0.1, -0.05) is 67.2 Å². The highest BCUT2D eigenvalue weighted by molar-refractivity contribution is 7.89. The minimum atomic E-state index is -3.37. The molecular weight excluding hydrogens is 624 g/mol. The Kier molecular flexibility index (Phi) is 11.4. The molecule has 2 heterocycles. The van der Waals surface area contributed by atoms with E-state index in [2.05, 4.69) is 35.1 Å². The number of nitrogens with one attached hydrogen (secondary N) is 4. The van der Waals surface area contributed by atoms with E-state index < -0.39 is 63.2 Å². The van der Waals surface area contributed by atoms with E-state index in [0.717, 1.165) is 32.1 Å². The summed E-state index contributed by atoms with van der Waals surface area (Å²) in [6, 6.07) is -3.77. The minimum absolute atomic E-state index is 0.0926. The maximum Gasteiger partial charge on any atom is 0.315 e. The number of sulfonamides is 1. The molecule has 4 rings (SSSR count). The Balaban J connectivity index is 1.56. The lowest BCUT2D eigenvalue weighted by atomic mass is 9.83. The van der Waals surface area contributed by atoms with Crippen LogP contribution in [0.25, 0.3) is 0 Å². The summed E-state index contributed by atoms with van der Waals surface area (Å²) in [7, 11) is -2.01. The maximum atomic E-state index is 14.5. The number of urea groups is 1. The number of carbonyl (C=O) groups excluding carboxylic acids is 5. The van der Waals surface area contributed by atoms with Gasteiger partial charge in [0.1, 0.15) is 12.1 Å². The minimum Gasteiger partial charge on any atom is -0.353 e. The van der Waals surface area contributed by atoms with Crippen LogP contribution in [0.1, 0.15) is 92.9 Å². The summed E-state index contributed by atoms with van der Waals surface area (Å²) in [5.41, 5.74) is -0.642. The zero-order chi connectivity index (χ0) is 34.9. The molecule has 13 nitrogen and oxygen atoms in total. The van der Waals surface area contributed by atoms with Crippen molar-refractivity contribution in [3.8, 4) is 0 Å². The summed E-state index contributed by atoms with van der Waals surface area (Å²) < 4.78 is 26.5. The number of likely N-dealkylation sites (tertiary alicyclic amines) is 1. The molecule has 5 amide bonds. The second kappa shape index (κ2) is 14.4. The summed E-state index contributed by atoms with van der Waals surface area (Å²) in [4.78, 5) is 68.6. The van der Waals surface area contributed by atoms with Crippen LogP contribution in [-0.2, 0) is 29.2 Å².